The Morgan fingerprint density at radius 3 is 2.72 bits per heavy atom. The average molecular weight is 368 g/mol. The summed E-state index contributed by atoms with van der Waals surface area (Å²) >= 11 is 0. The van der Waals surface area contributed by atoms with E-state index in [1.807, 2.05) is 0 Å². The zero-order valence-electron chi connectivity index (χ0n) is 14.1. The zero-order valence-corrected chi connectivity index (χ0v) is 15.0. The Bertz CT molecular complexity index is 721. The van der Waals surface area contributed by atoms with Gasteiger partial charge in [0.2, 0.25) is 0 Å². The van der Waals surface area contributed by atoms with Crippen LogP contribution in [0.4, 0.5) is 4.79 Å². The van der Waals surface area contributed by atoms with E-state index in [9.17, 15) is 13.2 Å². The fourth-order valence-corrected chi connectivity index (χ4v) is 5.88. The molecule has 1 aromatic rings. The number of likely N-dealkylation sites (tertiary alicyclic amines) is 1. The molecule has 138 valence electrons. The molecule has 1 N–H and O–H groups in total. The lowest BCUT2D eigenvalue weighted by Gasteiger charge is -2.52. The minimum absolute atomic E-state index is 0.0286. The van der Waals surface area contributed by atoms with E-state index in [2.05, 4.69) is 10.4 Å². The summed E-state index contributed by atoms with van der Waals surface area (Å²) in [5, 5.41) is 6.51. The predicted molar refractivity (Wildman–Crippen MR) is 90.8 cm³/mol. The van der Waals surface area contributed by atoms with Crippen LogP contribution in [0.25, 0.3) is 0 Å². The van der Waals surface area contributed by atoms with Crippen LogP contribution in [0.15, 0.2) is 18.5 Å². The summed E-state index contributed by atoms with van der Waals surface area (Å²) < 4.78 is 32.8. The number of urea groups is 1. The van der Waals surface area contributed by atoms with Gasteiger partial charge in [-0.3, -0.25) is 4.68 Å². The molecule has 1 aromatic heterocycles. The van der Waals surface area contributed by atoms with Crippen LogP contribution in [0.2, 0.25) is 0 Å². The Hall–Kier alpha value is -1.61. The molecule has 0 bridgehead atoms. The highest BCUT2D eigenvalue weighted by molar-refractivity contribution is 7.92. The van der Waals surface area contributed by atoms with E-state index in [4.69, 9.17) is 4.74 Å². The smallest absolute Gasteiger partial charge is 0.317 e. The first-order valence-corrected chi connectivity index (χ1v) is 10.6. The van der Waals surface area contributed by atoms with Crippen molar-refractivity contribution in [2.24, 2.45) is 0 Å². The van der Waals surface area contributed by atoms with Crippen LogP contribution in [0.1, 0.15) is 25.7 Å². The zero-order chi connectivity index (χ0) is 17.5. The van der Waals surface area contributed by atoms with Gasteiger partial charge < -0.3 is 15.0 Å². The van der Waals surface area contributed by atoms with Crippen molar-refractivity contribution in [2.45, 2.75) is 49.1 Å². The number of nitrogens with one attached hydrogen (secondary N) is 1. The van der Waals surface area contributed by atoms with Crippen LogP contribution in [-0.4, -0.2) is 71.5 Å². The maximum absolute atomic E-state index is 12.6. The third-order valence-corrected chi connectivity index (χ3v) is 7.65. The third-order valence-electron chi connectivity index (χ3n) is 5.43. The standard InChI is InChI=1S/C16H24N4O4S/c21-15(18-13-4-1-2-5-13)19-10-16(11-19)12-25(22,23)14(9-24-16)8-20-7-3-6-17-20/h3,6-7,13-14H,1-2,4-5,8-12H2,(H,18,21)/t14-/m0/s1. The van der Waals surface area contributed by atoms with E-state index < -0.39 is 20.7 Å². The van der Waals surface area contributed by atoms with Crippen molar-refractivity contribution in [3.63, 3.8) is 0 Å². The summed E-state index contributed by atoms with van der Waals surface area (Å²) in [5.41, 5.74) is -0.730. The van der Waals surface area contributed by atoms with E-state index in [0.717, 1.165) is 25.7 Å². The first-order valence-electron chi connectivity index (χ1n) is 8.84. The maximum Gasteiger partial charge on any atom is 0.317 e. The molecule has 1 atom stereocenters. The second kappa shape index (κ2) is 6.28. The summed E-state index contributed by atoms with van der Waals surface area (Å²) in [4.78, 5) is 13.9. The molecular formula is C16H24N4O4S. The highest BCUT2D eigenvalue weighted by Gasteiger charge is 2.54. The number of nitrogens with zero attached hydrogens (tertiary/aromatic N) is 3. The van der Waals surface area contributed by atoms with Gasteiger partial charge >= 0.3 is 6.03 Å². The highest BCUT2D eigenvalue weighted by Crippen LogP contribution is 2.33. The molecule has 3 heterocycles. The predicted octanol–water partition coefficient (Wildman–Crippen LogP) is 0.403. The van der Waals surface area contributed by atoms with Crippen molar-refractivity contribution < 1.29 is 17.9 Å². The van der Waals surface area contributed by atoms with Crippen LogP contribution in [0, 0.1) is 0 Å². The van der Waals surface area contributed by atoms with Crippen LogP contribution in [0.3, 0.4) is 0 Å². The summed E-state index contributed by atoms with van der Waals surface area (Å²) in [6, 6.07) is 1.93. The van der Waals surface area contributed by atoms with Crippen molar-refractivity contribution >= 4 is 15.9 Å². The van der Waals surface area contributed by atoms with Crippen LogP contribution >= 0.6 is 0 Å². The van der Waals surface area contributed by atoms with Crippen molar-refractivity contribution in [3.05, 3.63) is 18.5 Å². The summed E-state index contributed by atoms with van der Waals surface area (Å²) in [6.45, 7) is 1.15. The van der Waals surface area contributed by atoms with E-state index in [1.165, 1.54) is 0 Å². The van der Waals surface area contributed by atoms with E-state index >= 15 is 0 Å². The van der Waals surface area contributed by atoms with Crippen molar-refractivity contribution in [2.75, 3.05) is 25.4 Å². The molecule has 8 nitrogen and oxygen atoms in total. The molecule has 2 amide bonds. The SMILES string of the molecule is O=C(NC1CCCC1)N1CC2(C1)CS(=O)(=O)[C@@H](Cn1cccn1)CO2. The van der Waals surface area contributed by atoms with Gasteiger partial charge in [0.15, 0.2) is 9.84 Å². The molecule has 0 unspecified atom stereocenters. The number of carbonyl (C=O) groups is 1. The molecule has 3 aliphatic rings. The van der Waals surface area contributed by atoms with Gasteiger partial charge in [0.25, 0.3) is 0 Å². The lowest BCUT2D eigenvalue weighted by molar-refractivity contribution is -0.118. The van der Waals surface area contributed by atoms with Gasteiger partial charge in [-0.2, -0.15) is 5.10 Å². The Balaban J connectivity index is 1.32. The molecule has 2 saturated heterocycles. The average Bonchev–Trinajstić information content (AvgIpc) is 3.20. The van der Waals surface area contributed by atoms with E-state index in [1.54, 1.807) is 28.0 Å². The fourth-order valence-electron chi connectivity index (χ4n) is 3.99. The number of hydrogen-bond donors (Lipinski definition) is 1. The first kappa shape index (κ1) is 16.8. The quantitative estimate of drug-likeness (QED) is 0.834. The molecular weight excluding hydrogens is 344 g/mol. The molecule has 0 aromatic carbocycles. The molecule has 4 rings (SSSR count). The summed E-state index contributed by atoms with van der Waals surface area (Å²) in [5.74, 6) is -0.0286. The van der Waals surface area contributed by atoms with Gasteiger partial charge in [-0.05, 0) is 18.9 Å². The molecule has 3 fully saturated rings. The number of ether oxygens (including phenoxy) is 1. The number of carbonyl (C=O) groups excluding carboxylic acids is 1. The monoisotopic (exact) mass is 368 g/mol. The molecule has 9 heteroatoms. The summed E-state index contributed by atoms with van der Waals surface area (Å²) in [7, 11) is -3.28. The normalized spacial score (nSPS) is 28.0. The number of amides is 2. The van der Waals surface area contributed by atoms with E-state index in [0.29, 0.717) is 19.6 Å². The van der Waals surface area contributed by atoms with Gasteiger partial charge in [0.05, 0.1) is 32.0 Å². The molecule has 1 spiro atoms. The molecule has 0 radical (unpaired) electrons. The molecule has 25 heavy (non-hydrogen) atoms. The van der Waals surface area contributed by atoms with Gasteiger partial charge in [-0.25, -0.2) is 13.2 Å². The number of hydrogen-bond acceptors (Lipinski definition) is 5. The minimum atomic E-state index is -3.28. The van der Waals surface area contributed by atoms with Gasteiger partial charge in [0.1, 0.15) is 10.9 Å². The van der Waals surface area contributed by atoms with Gasteiger partial charge in [-0.15, -0.1) is 0 Å². The lowest BCUT2D eigenvalue weighted by atomic mass is 9.96. The van der Waals surface area contributed by atoms with Crippen molar-refractivity contribution in [3.8, 4) is 0 Å². The van der Waals surface area contributed by atoms with Crippen molar-refractivity contribution in [1.82, 2.24) is 20.0 Å². The molecule has 2 aliphatic heterocycles. The van der Waals surface area contributed by atoms with Crippen LogP contribution in [-0.2, 0) is 21.1 Å². The van der Waals surface area contributed by atoms with Crippen LogP contribution in [0.5, 0.6) is 0 Å². The van der Waals surface area contributed by atoms with E-state index in [-0.39, 0.29) is 24.4 Å². The Morgan fingerprint density at radius 2 is 2.08 bits per heavy atom. The van der Waals surface area contributed by atoms with Gasteiger partial charge in [0, 0.05) is 18.4 Å². The largest absolute Gasteiger partial charge is 0.369 e. The first-order chi connectivity index (χ1) is 12.0. The highest BCUT2D eigenvalue weighted by atomic mass is 32.2. The lowest BCUT2D eigenvalue weighted by Crippen LogP contribution is -2.72. The second-order valence-electron chi connectivity index (χ2n) is 7.44. The Kier molecular flexibility index (Phi) is 4.23. The van der Waals surface area contributed by atoms with Crippen molar-refractivity contribution in [1.29, 1.82) is 0 Å². The topological polar surface area (TPSA) is 93.5 Å². The second-order valence-corrected chi connectivity index (χ2v) is 9.72. The van der Waals surface area contributed by atoms with Crippen LogP contribution < -0.4 is 5.32 Å². The number of sulfone groups is 1. The Labute approximate surface area is 147 Å². The maximum atomic E-state index is 12.6. The third kappa shape index (κ3) is 3.39. The summed E-state index contributed by atoms with van der Waals surface area (Å²) in [6.07, 6.45) is 7.76. The fraction of sp³-hybridized carbons (Fsp3) is 0.750. The Morgan fingerprint density at radius 1 is 1.32 bits per heavy atom. The van der Waals surface area contributed by atoms with Gasteiger partial charge in [-0.1, -0.05) is 12.8 Å². The minimum Gasteiger partial charge on any atom is -0.369 e. The number of rotatable bonds is 3. The number of aromatic nitrogens is 2. The molecule has 1 aliphatic carbocycles. The molecule has 1 saturated carbocycles.